The van der Waals surface area contributed by atoms with Gasteiger partial charge in [0.2, 0.25) is 5.91 Å². The predicted octanol–water partition coefficient (Wildman–Crippen LogP) is 3.55. The first-order valence-electron chi connectivity index (χ1n) is 10.6. The van der Waals surface area contributed by atoms with E-state index in [0.717, 1.165) is 39.4 Å². The molecule has 0 aliphatic rings. The average molecular weight is 557 g/mol. The zero-order chi connectivity index (χ0) is 23.0. The van der Waals surface area contributed by atoms with Crippen LogP contribution in [0.25, 0.3) is 22.3 Å². The highest BCUT2D eigenvalue weighted by Crippen LogP contribution is 2.22. The van der Waals surface area contributed by atoms with Crippen molar-refractivity contribution in [2.45, 2.75) is 12.8 Å². The quantitative estimate of drug-likeness (QED) is 0.176. The topological polar surface area (TPSA) is 102 Å². The Hall–Kier alpha value is -3.05. The van der Waals surface area contributed by atoms with Gasteiger partial charge in [-0.2, -0.15) is 0 Å². The smallest absolute Gasteiger partial charge is 0.224 e. The molecule has 2 aromatic heterocycles. The van der Waals surface area contributed by atoms with Crippen molar-refractivity contribution in [3.8, 4) is 17.0 Å². The SMILES string of the molecule is COCCNC(=O)Cc1ccc(OCCc2nc3cc(-c4ccnc(I)n4)ccc3[nH]2)cc1. The van der Waals surface area contributed by atoms with E-state index in [-0.39, 0.29) is 5.91 Å². The third-order valence-electron chi connectivity index (χ3n) is 4.98. The van der Waals surface area contributed by atoms with E-state index in [1.165, 1.54) is 0 Å². The number of fused-ring (bicyclic) bond motifs is 1. The Morgan fingerprint density at radius 1 is 1.09 bits per heavy atom. The Bertz CT molecular complexity index is 1230. The number of methoxy groups -OCH3 is 1. The molecule has 4 rings (SSSR count). The number of aromatic nitrogens is 4. The van der Waals surface area contributed by atoms with Crippen molar-refractivity contribution in [3.63, 3.8) is 0 Å². The van der Waals surface area contributed by atoms with Crippen molar-refractivity contribution in [2.24, 2.45) is 0 Å². The van der Waals surface area contributed by atoms with Crippen molar-refractivity contribution in [1.82, 2.24) is 25.3 Å². The molecule has 0 radical (unpaired) electrons. The van der Waals surface area contributed by atoms with Crippen LogP contribution in [0, 0.1) is 3.83 Å². The molecule has 2 heterocycles. The Labute approximate surface area is 205 Å². The number of nitrogens with one attached hydrogen (secondary N) is 2. The molecular weight excluding hydrogens is 533 g/mol. The molecule has 0 spiro atoms. The molecule has 2 aromatic carbocycles. The van der Waals surface area contributed by atoms with Gasteiger partial charge in [-0.25, -0.2) is 15.0 Å². The molecule has 4 aromatic rings. The maximum Gasteiger partial charge on any atom is 0.224 e. The maximum atomic E-state index is 11.9. The molecule has 33 heavy (non-hydrogen) atoms. The standard InChI is InChI=1S/C24H24IN5O3/c1-32-13-11-26-23(31)14-16-2-5-18(6-3-16)33-12-9-22-28-20-7-4-17(15-21(20)29-22)19-8-10-27-24(25)30-19/h2-8,10,15H,9,11-14H2,1H3,(H,26,31)(H,28,29). The van der Waals surface area contributed by atoms with Crippen molar-refractivity contribution < 1.29 is 14.3 Å². The van der Waals surface area contributed by atoms with Crippen LogP contribution in [0.5, 0.6) is 5.75 Å². The molecule has 0 aliphatic heterocycles. The predicted molar refractivity (Wildman–Crippen MR) is 134 cm³/mol. The molecular formula is C24H24IN5O3. The number of amides is 1. The lowest BCUT2D eigenvalue weighted by molar-refractivity contribution is -0.120. The Morgan fingerprint density at radius 2 is 1.94 bits per heavy atom. The van der Waals surface area contributed by atoms with E-state index in [9.17, 15) is 4.79 Å². The minimum Gasteiger partial charge on any atom is -0.493 e. The van der Waals surface area contributed by atoms with Crippen LogP contribution in [0.15, 0.2) is 54.7 Å². The minimum absolute atomic E-state index is 0.0248. The van der Waals surface area contributed by atoms with Gasteiger partial charge >= 0.3 is 0 Å². The molecule has 8 nitrogen and oxygen atoms in total. The number of nitrogens with zero attached hydrogens (tertiary/aromatic N) is 3. The minimum atomic E-state index is -0.0248. The van der Waals surface area contributed by atoms with E-state index in [1.54, 1.807) is 13.3 Å². The number of halogens is 1. The Morgan fingerprint density at radius 3 is 2.73 bits per heavy atom. The van der Waals surface area contributed by atoms with Crippen LogP contribution in [0.1, 0.15) is 11.4 Å². The van der Waals surface area contributed by atoms with E-state index in [0.29, 0.717) is 36.4 Å². The van der Waals surface area contributed by atoms with E-state index >= 15 is 0 Å². The number of carbonyl (C=O) groups excluding carboxylic acids is 1. The fourth-order valence-corrected chi connectivity index (χ4v) is 3.76. The fourth-order valence-electron chi connectivity index (χ4n) is 3.34. The second-order valence-electron chi connectivity index (χ2n) is 7.39. The molecule has 1 amide bonds. The van der Waals surface area contributed by atoms with E-state index in [2.05, 4.69) is 42.9 Å². The summed E-state index contributed by atoms with van der Waals surface area (Å²) in [6.07, 6.45) is 2.74. The number of rotatable bonds is 10. The highest BCUT2D eigenvalue weighted by atomic mass is 127. The zero-order valence-electron chi connectivity index (χ0n) is 18.2. The third kappa shape index (κ3) is 6.48. The van der Waals surface area contributed by atoms with Gasteiger partial charge in [-0.15, -0.1) is 0 Å². The van der Waals surface area contributed by atoms with Crippen LogP contribution < -0.4 is 10.1 Å². The Kier molecular flexibility index (Phi) is 7.84. The summed E-state index contributed by atoms with van der Waals surface area (Å²) < 4.78 is 11.5. The first kappa shape index (κ1) is 23.1. The summed E-state index contributed by atoms with van der Waals surface area (Å²) in [7, 11) is 1.61. The number of ether oxygens (including phenoxy) is 2. The lowest BCUT2D eigenvalue weighted by atomic mass is 10.1. The van der Waals surface area contributed by atoms with Gasteiger partial charge in [0.25, 0.3) is 0 Å². The summed E-state index contributed by atoms with van der Waals surface area (Å²) >= 11 is 2.11. The monoisotopic (exact) mass is 557 g/mol. The summed E-state index contributed by atoms with van der Waals surface area (Å²) in [6.45, 7) is 1.51. The van der Waals surface area contributed by atoms with Crippen LogP contribution >= 0.6 is 22.6 Å². The summed E-state index contributed by atoms with van der Waals surface area (Å²) in [5, 5.41) is 2.81. The second-order valence-corrected chi connectivity index (χ2v) is 8.35. The van der Waals surface area contributed by atoms with Crippen LogP contribution in [0.3, 0.4) is 0 Å². The number of hydrogen-bond donors (Lipinski definition) is 2. The molecule has 0 unspecified atom stereocenters. The summed E-state index contributed by atoms with van der Waals surface area (Å²) in [6, 6.07) is 15.5. The molecule has 0 fully saturated rings. The molecule has 0 atom stereocenters. The summed E-state index contributed by atoms with van der Waals surface area (Å²) in [5.74, 6) is 1.60. The third-order valence-corrected chi connectivity index (χ3v) is 5.50. The molecule has 0 aliphatic carbocycles. The lowest BCUT2D eigenvalue weighted by Gasteiger charge is -2.07. The van der Waals surface area contributed by atoms with Crippen LogP contribution in [0.4, 0.5) is 0 Å². The number of hydrogen-bond acceptors (Lipinski definition) is 6. The van der Waals surface area contributed by atoms with Gasteiger partial charge < -0.3 is 19.8 Å². The van der Waals surface area contributed by atoms with Gasteiger partial charge in [0, 0.05) is 54.4 Å². The maximum absolute atomic E-state index is 11.9. The van der Waals surface area contributed by atoms with Crippen LogP contribution in [-0.2, 0) is 22.4 Å². The molecule has 0 saturated heterocycles. The number of aromatic amines is 1. The number of carbonyl (C=O) groups is 1. The van der Waals surface area contributed by atoms with E-state index in [4.69, 9.17) is 14.5 Å². The van der Waals surface area contributed by atoms with Crippen LogP contribution in [-0.4, -0.2) is 52.7 Å². The van der Waals surface area contributed by atoms with Crippen LogP contribution in [0.2, 0.25) is 0 Å². The van der Waals surface area contributed by atoms with Gasteiger partial charge in [-0.1, -0.05) is 18.2 Å². The molecule has 170 valence electrons. The molecule has 9 heteroatoms. The Balaban J connectivity index is 1.30. The van der Waals surface area contributed by atoms with Crippen molar-refractivity contribution >= 4 is 39.5 Å². The zero-order valence-corrected chi connectivity index (χ0v) is 20.3. The van der Waals surface area contributed by atoms with Crippen molar-refractivity contribution in [1.29, 1.82) is 0 Å². The molecule has 0 saturated carbocycles. The lowest BCUT2D eigenvalue weighted by Crippen LogP contribution is -2.28. The largest absolute Gasteiger partial charge is 0.493 e. The summed E-state index contributed by atoms with van der Waals surface area (Å²) in [4.78, 5) is 28.5. The van der Waals surface area contributed by atoms with Gasteiger partial charge in [-0.05, 0) is 35.9 Å². The van der Waals surface area contributed by atoms with Gasteiger partial charge in [0.15, 0.2) is 3.83 Å². The number of imidazole rings is 1. The number of benzene rings is 2. The van der Waals surface area contributed by atoms with Crippen molar-refractivity contribution in [2.75, 3.05) is 26.9 Å². The fraction of sp³-hybridized carbons (Fsp3) is 0.250. The molecule has 2 N–H and O–H groups in total. The second kappa shape index (κ2) is 11.2. The van der Waals surface area contributed by atoms with E-state index < -0.39 is 0 Å². The highest BCUT2D eigenvalue weighted by molar-refractivity contribution is 14.1. The number of H-pyrrole nitrogens is 1. The normalized spacial score (nSPS) is 11.0. The van der Waals surface area contributed by atoms with E-state index in [1.807, 2.05) is 48.5 Å². The first-order valence-corrected chi connectivity index (χ1v) is 11.6. The van der Waals surface area contributed by atoms with Gasteiger partial charge in [-0.3, -0.25) is 4.79 Å². The highest BCUT2D eigenvalue weighted by Gasteiger charge is 2.08. The van der Waals surface area contributed by atoms with Gasteiger partial charge in [0.1, 0.15) is 11.6 Å². The first-order chi connectivity index (χ1) is 16.1. The molecule has 0 bridgehead atoms. The summed E-state index contributed by atoms with van der Waals surface area (Å²) in [5.41, 5.74) is 4.68. The van der Waals surface area contributed by atoms with Gasteiger partial charge in [0.05, 0.1) is 36.4 Å². The average Bonchev–Trinajstić information content (AvgIpc) is 3.22. The van der Waals surface area contributed by atoms with Crippen molar-refractivity contribution in [3.05, 3.63) is 69.9 Å².